The number of carbonyl (C=O) groups is 1. The normalized spacial score (nSPS) is 25.8. The van der Waals surface area contributed by atoms with Crippen molar-refractivity contribution in [3.8, 4) is 0 Å². The van der Waals surface area contributed by atoms with E-state index in [2.05, 4.69) is 24.2 Å². The van der Waals surface area contributed by atoms with Crippen LogP contribution in [0.5, 0.6) is 0 Å². The Hall–Kier alpha value is -0.610. The number of carbonyl (C=O) groups excluding carboxylic acids is 1. The number of rotatable bonds is 6. The lowest BCUT2D eigenvalue weighted by atomic mass is 9.94. The van der Waals surface area contributed by atoms with E-state index in [4.69, 9.17) is 5.73 Å². The summed E-state index contributed by atoms with van der Waals surface area (Å²) in [6.45, 7) is 5.11. The van der Waals surface area contributed by atoms with Crippen molar-refractivity contribution in [3.63, 3.8) is 0 Å². The summed E-state index contributed by atoms with van der Waals surface area (Å²) in [6.07, 6.45) is 4.78. The van der Waals surface area contributed by atoms with Crippen LogP contribution in [0, 0.1) is 5.92 Å². The summed E-state index contributed by atoms with van der Waals surface area (Å²) >= 11 is 0. The van der Waals surface area contributed by atoms with E-state index in [9.17, 15) is 4.79 Å². The first-order chi connectivity index (χ1) is 8.13. The Balaban J connectivity index is 2.17. The molecule has 1 aliphatic heterocycles. The standard InChI is InChI=1S/C13H27N3O/c1-11-10-16(2)9-7-12(11)15-13(17)6-4-3-5-8-14/h11-12H,3-10,14H2,1-2H3,(H,15,17). The van der Waals surface area contributed by atoms with Crippen LogP contribution in [0.3, 0.4) is 0 Å². The number of amides is 1. The second-order valence-corrected chi connectivity index (χ2v) is 5.30. The van der Waals surface area contributed by atoms with Crippen molar-refractivity contribution in [1.29, 1.82) is 0 Å². The van der Waals surface area contributed by atoms with E-state index >= 15 is 0 Å². The minimum atomic E-state index is 0.212. The summed E-state index contributed by atoms with van der Waals surface area (Å²) in [7, 11) is 2.14. The highest BCUT2D eigenvalue weighted by Gasteiger charge is 2.24. The summed E-state index contributed by atoms with van der Waals surface area (Å²) in [4.78, 5) is 14.1. The van der Waals surface area contributed by atoms with Gasteiger partial charge in [0.25, 0.3) is 0 Å². The van der Waals surface area contributed by atoms with Gasteiger partial charge in [0.1, 0.15) is 0 Å². The molecule has 1 fully saturated rings. The average Bonchev–Trinajstić information content (AvgIpc) is 2.28. The Morgan fingerprint density at radius 3 is 2.82 bits per heavy atom. The third-order valence-electron chi connectivity index (χ3n) is 3.56. The molecule has 2 unspecified atom stereocenters. The van der Waals surface area contributed by atoms with Crippen LogP contribution in [0.1, 0.15) is 39.0 Å². The number of piperidine rings is 1. The predicted molar refractivity (Wildman–Crippen MR) is 70.7 cm³/mol. The van der Waals surface area contributed by atoms with Crippen LogP contribution in [-0.2, 0) is 4.79 Å². The first-order valence-corrected chi connectivity index (χ1v) is 6.81. The lowest BCUT2D eigenvalue weighted by Crippen LogP contribution is -2.48. The maximum absolute atomic E-state index is 11.7. The molecular weight excluding hydrogens is 214 g/mol. The number of nitrogens with two attached hydrogens (primary N) is 1. The van der Waals surface area contributed by atoms with Crippen LogP contribution in [0.25, 0.3) is 0 Å². The zero-order chi connectivity index (χ0) is 12.7. The van der Waals surface area contributed by atoms with Crippen LogP contribution in [0.15, 0.2) is 0 Å². The second-order valence-electron chi connectivity index (χ2n) is 5.30. The second kappa shape index (κ2) is 7.67. The van der Waals surface area contributed by atoms with Crippen molar-refractivity contribution in [2.45, 2.75) is 45.1 Å². The maximum atomic E-state index is 11.7. The third kappa shape index (κ3) is 5.50. The van der Waals surface area contributed by atoms with Gasteiger partial charge < -0.3 is 16.0 Å². The van der Waals surface area contributed by atoms with Gasteiger partial charge in [-0.2, -0.15) is 0 Å². The van der Waals surface area contributed by atoms with Gasteiger partial charge in [0.15, 0.2) is 0 Å². The molecule has 0 saturated carbocycles. The monoisotopic (exact) mass is 241 g/mol. The highest BCUT2D eigenvalue weighted by Crippen LogP contribution is 2.15. The van der Waals surface area contributed by atoms with E-state index in [1.165, 1.54) is 0 Å². The summed E-state index contributed by atoms with van der Waals surface area (Å²) in [5, 5.41) is 3.17. The number of hydrogen-bond acceptors (Lipinski definition) is 3. The molecule has 1 saturated heterocycles. The third-order valence-corrected chi connectivity index (χ3v) is 3.56. The molecule has 4 heteroatoms. The van der Waals surface area contributed by atoms with Crippen molar-refractivity contribution in [3.05, 3.63) is 0 Å². The predicted octanol–water partition coefficient (Wildman–Crippen LogP) is 0.962. The molecule has 0 bridgehead atoms. The van der Waals surface area contributed by atoms with E-state index < -0.39 is 0 Å². The topological polar surface area (TPSA) is 58.4 Å². The molecule has 0 aliphatic carbocycles. The van der Waals surface area contributed by atoms with Crippen LogP contribution >= 0.6 is 0 Å². The van der Waals surface area contributed by atoms with Gasteiger partial charge in [0, 0.05) is 19.0 Å². The molecule has 0 aromatic carbocycles. The van der Waals surface area contributed by atoms with E-state index in [1.54, 1.807) is 0 Å². The van der Waals surface area contributed by atoms with E-state index in [0.717, 1.165) is 45.3 Å². The number of unbranched alkanes of at least 4 members (excludes halogenated alkanes) is 2. The minimum absolute atomic E-state index is 0.212. The van der Waals surface area contributed by atoms with Crippen molar-refractivity contribution < 1.29 is 4.79 Å². The largest absolute Gasteiger partial charge is 0.353 e. The Bertz CT molecular complexity index is 233. The van der Waals surface area contributed by atoms with Crippen LogP contribution in [0.2, 0.25) is 0 Å². The van der Waals surface area contributed by atoms with Gasteiger partial charge in [-0.05, 0) is 45.3 Å². The average molecular weight is 241 g/mol. The quantitative estimate of drug-likeness (QED) is 0.681. The molecule has 1 aliphatic rings. The minimum Gasteiger partial charge on any atom is -0.353 e. The lowest BCUT2D eigenvalue weighted by Gasteiger charge is -2.35. The van der Waals surface area contributed by atoms with E-state index in [-0.39, 0.29) is 5.91 Å². The zero-order valence-corrected chi connectivity index (χ0v) is 11.2. The van der Waals surface area contributed by atoms with Gasteiger partial charge in [-0.1, -0.05) is 13.3 Å². The first kappa shape index (κ1) is 14.5. The Morgan fingerprint density at radius 2 is 2.18 bits per heavy atom. The fraction of sp³-hybridized carbons (Fsp3) is 0.923. The number of hydrogen-bond donors (Lipinski definition) is 2. The fourth-order valence-corrected chi connectivity index (χ4v) is 2.45. The summed E-state index contributed by atoms with van der Waals surface area (Å²) in [5.41, 5.74) is 5.42. The Kier molecular flexibility index (Phi) is 6.52. The number of likely N-dealkylation sites (tertiary alicyclic amines) is 1. The summed E-state index contributed by atoms with van der Waals surface area (Å²) in [6, 6.07) is 0.369. The zero-order valence-electron chi connectivity index (χ0n) is 11.2. The van der Waals surface area contributed by atoms with E-state index in [1.807, 2.05) is 0 Å². The number of nitrogens with zero attached hydrogens (tertiary/aromatic N) is 1. The molecule has 1 amide bonds. The Morgan fingerprint density at radius 1 is 1.41 bits per heavy atom. The lowest BCUT2D eigenvalue weighted by molar-refractivity contribution is -0.122. The van der Waals surface area contributed by atoms with Gasteiger partial charge in [0.2, 0.25) is 5.91 Å². The fourth-order valence-electron chi connectivity index (χ4n) is 2.45. The Labute approximate surface area is 105 Å². The smallest absolute Gasteiger partial charge is 0.220 e. The van der Waals surface area contributed by atoms with Gasteiger partial charge in [-0.15, -0.1) is 0 Å². The van der Waals surface area contributed by atoms with Gasteiger partial charge in [0.05, 0.1) is 0 Å². The van der Waals surface area contributed by atoms with E-state index in [0.29, 0.717) is 18.4 Å². The van der Waals surface area contributed by atoms with Crippen LogP contribution < -0.4 is 11.1 Å². The number of nitrogens with one attached hydrogen (secondary N) is 1. The van der Waals surface area contributed by atoms with Crippen molar-refractivity contribution in [2.24, 2.45) is 11.7 Å². The van der Waals surface area contributed by atoms with Gasteiger partial charge >= 0.3 is 0 Å². The highest BCUT2D eigenvalue weighted by atomic mass is 16.1. The van der Waals surface area contributed by atoms with Crippen LogP contribution in [0.4, 0.5) is 0 Å². The molecule has 0 aromatic rings. The first-order valence-electron chi connectivity index (χ1n) is 6.81. The van der Waals surface area contributed by atoms with Crippen molar-refractivity contribution >= 4 is 5.91 Å². The molecular formula is C13H27N3O. The molecule has 2 atom stereocenters. The molecule has 17 heavy (non-hydrogen) atoms. The highest BCUT2D eigenvalue weighted by molar-refractivity contribution is 5.76. The molecule has 0 spiro atoms. The SMILES string of the molecule is CC1CN(C)CCC1NC(=O)CCCCCN. The summed E-state index contributed by atoms with van der Waals surface area (Å²) in [5.74, 6) is 0.769. The molecule has 0 radical (unpaired) electrons. The van der Waals surface area contributed by atoms with Crippen molar-refractivity contribution in [2.75, 3.05) is 26.7 Å². The maximum Gasteiger partial charge on any atom is 0.220 e. The van der Waals surface area contributed by atoms with Crippen molar-refractivity contribution in [1.82, 2.24) is 10.2 Å². The summed E-state index contributed by atoms with van der Waals surface area (Å²) < 4.78 is 0. The van der Waals surface area contributed by atoms with Gasteiger partial charge in [-0.25, -0.2) is 0 Å². The van der Waals surface area contributed by atoms with Crippen LogP contribution in [-0.4, -0.2) is 43.5 Å². The molecule has 4 nitrogen and oxygen atoms in total. The molecule has 1 heterocycles. The molecule has 100 valence electrons. The van der Waals surface area contributed by atoms with Gasteiger partial charge in [-0.3, -0.25) is 4.79 Å². The molecule has 1 rings (SSSR count). The molecule has 3 N–H and O–H groups in total. The molecule has 0 aromatic heterocycles.